The van der Waals surface area contributed by atoms with Gasteiger partial charge >= 0.3 is 0 Å². The van der Waals surface area contributed by atoms with Crippen LogP contribution in [0.2, 0.25) is 0 Å². The van der Waals surface area contributed by atoms with Gasteiger partial charge in [0.15, 0.2) is 0 Å². The minimum Gasteiger partial charge on any atom is -0.496 e. The zero-order chi connectivity index (χ0) is 11.4. The number of ether oxygens (including phenoxy) is 1. The highest BCUT2D eigenvalue weighted by atomic mass is 19.1. The van der Waals surface area contributed by atoms with Crippen molar-refractivity contribution in [3.8, 4) is 5.75 Å². The number of halogens is 1. The van der Waals surface area contributed by atoms with Gasteiger partial charge in [-0.25, -0.2) is 4.39 Å². The zero-order valence-electron chi connectivity index (χ0n) is 9.46. The topological polar surface area (TPSA) is 35.2 Å². The average molecular weight is 211 g/mol. The summed E-state index contributed by atoms with van der Waals surface area (Å²) in [7, 11) is 1.58. The van der Waals surface area contributed by atoms with E-state index in [4.69, 9.17) is 10.5 Å². The van der Waals surface area contributed by atoms with Crippen LogP contribution < -0.4 is 10.5 Å². The van der Waals surface area contributed by atoms with E-state index in [1.165, 1.54) is 12.1 Å². The Kier molecular flexibility index (Phi) is 4.09. The van der Waals surface area contributed by atoms with Crippen molar-refractivity contribution in [2.24, 2.45) is 11.7 Å². The minimum atomic E-state index is -0.248. The Balaban J connectivity index is 2.87. The van der Waals surface area contributed by atoms with Crippen LogP contribution in [0.5, 0.6) is 5.75 Å². The van der Waals surface area contributed by atoms with Crippen molar-refractivity contribution in [1.29, 1.82) is 0 Å². The molecule has 0 aliphatic rings. The van der Waals surface area contributed by atoms with Crippen molar-refractivity contribution in [3.63, 3.8) is 0 Å². The van der Waals surface area contributed by atoms with Gasteiger partial charge in [-0.1, -0.05) is 13.8 Å². The normalized spacial score (nSPS) is 12.9. The molecule has 0 amide bonds. The predicted molar refractivity (Wildman–Crippen MR) is 59.5 cm³/mol. The van der Waals surface area contributed by atoms with Gasteiger partial charge in [-0.2, -0.15) is 0 Å². The van der Waals surface area contributed by atoms with Crippen molar-refractivity contribution >= 4 is 0 Å². The van der Waals surface area contributed by atoms with Crippen LogP contribution in [0.4, 0.5) is 4.39 Å². The fourth-order valence-corrected chi connectivity index (χ4v) is 1.40. The van der Waals surface area contributed by atoms with Crippen LogP contribution in [-0.4, -0.2) is 13.2 Å². The predicted octanol–water partition coefficient (Wildman–Crippen LogP) is 2.36. The zero-order valence-corrected chi connectivity index (χ0v) is 9.46. The number of benzene rings is 1. The van der Waals surface area contributed by atoms with Crippen molar-refractivity contribution < 1.29 is 9.13 Å². The Morgan fingerprint density at radius 1 is 1.40 bits per heavy atom. The summed E-state index contributed by atoms with van der Waals surface area (Å²) in [5.74, 6) is 0.826. The molecule has 0 radical (unpaired) electrons. The van der Waals surface area contributed by atoms with Gasteiger partial charge in [0.05, 0.1) is 7.11 Å². The largest absolute Gasteiger partial charge is 0.496 e. The monoisotopic (exact) mass is 211 g/mol. The van der Waals surface area contributed by atoms with Crippen LogP contribution in [0.3, 0.4) is 0 Å². The smallest absolute Gasteiger partial charge is 0.123 e. The van der Waals surface area contributed by atoms with Gasteiger partial charge < -0.3 is 10.5 Å². The molecule has 1 atom stereocenters. The Morgan fingerprint density at radius 2 is 2.07 bits per heavy atom. The van der Waals surface area contributed by atoms with Crippen molar-refractivity contribution in [2.75, 3.05) is 7.11 Å². The van der Waals surface area contributed by atoms with E-state index in [9.17, 15) is 4.39 Å². The molecule has 0 heterocycles. The van der Waals surface area contributed by atoms with Gasteiger partial charge in [-0.15, -0.1) is 0 Å². The average Bonchev–Trinajstić information content (AvgIpc) is 2.18. The lowest BCUT2D eigenvalue weighted by molar-refractivity contribution is 0.401. The second kappa shape index (κ2) is 5.12. The summed E-state index contributed by atoms with van der Waals surface area (Å²) in [5.41, 5.74) is 6.78. The number of methoxy groups -OCH3 is 1. The third kappa shape index (κ3) is 3.20. The van der Waals surface area contributed by atoms with Gasteiger partial charge in [0, 0.05) is 6.04 Å². The molecule has 1 aromatic rings. The molecule has 0 fully saturated rings. The maximum Gasteiger partial charge on any atom is 0.123 e. The van der Waals surface area contributed by atoms with Crippen LogP contribution >= 0.6 is 0 Å². The first-order valence-electron chi connectivity index (χ1n) is 5.12. The Hall–Kier alpha value is -1.09. The molecule has 2 N–H and O–H groups in total. The molecule has 0 saturated carbocycles. The molecule has 1 aromatic carbocycles. The Morgan fingerprint density at radius 3 is 2.60 bits per heavy atom. The molecule has 1 unspecified atom stereocenters. The summed E-state index contributed by atoms with van der Waals surface area (Å²) in [5, 5.41) is 0. The molecule has 0 bridgehead atoms. The molecule has 15 heavy (non-hydrogen) atoms. The fraction of sp³-hybridized carbons (Fsp3) is 0.500. The molecular formula is C12H18FNO. The summed E-state index contributed by atoms with van der Waals surface area (Å²) < 4.78 is 18.2. The van der Waals surface area contributed by atoms with Gasteiger partial charge in [0.25, 0.3) is 0 Å². The van der Waals surface area contributed by atoms with E-state index in [0.717, 1.165) is 5.56 Å². The van der Waals surface area contributed by atoms with Crippen molar-refractivity contribution in [1.82, 2.24) is 0 Å². The van der Waals surface area contributed by atoms with E-state index in [0.29, 0.717) is 18.1 Å². The highest BCUT2D eigenvalue weighted by molar-refractivity contribution is 5.34. The van der Waals surface area contributed by atoms with Gasteiger partial charge in [-0.3, -0.25) is 0 Å². The maximum absolute atomic E-state index is 13.0. The standard InChI is InChI=1S/C12H18FNO/c1-8(2)11(14)7-9-6-10(13)4-5-12(9)15-3/h4-6,8,11H,7,14H2,1-3H3. The molecule has 0 aliphatic heterocycles. The number of rotatable bonds is 4. The van der Waals surface area contributed by atoms with E-state index in [1.807, 2.05) is 0 Å². The second-order valence-electron chi connectivity index (χ2n) is 4.07. The van der Waals surface area contributed by atoms with E-state index in [-0.39, 0.29) is 11.9 Å². The first-order chi connectivity index (χ1) is 7.04. The first kappa shape index (κ1) is 12.0. The van der Waals surface area contributed by atoms with Gasteiger partial charge in [-0.05, 0) is 36.1 Å². The van der Waals surface area contributed by atoms with Crippen LogP contribution in [-0.2, 0) is 6.42 Å². The highest BCUT2D eigenvalue weighted by Crippen LogP contribution is 2.21. The fourth-order valence-electron chi connectivity index (χ4n) is 1.40. The third-order valence-corrected chi connectivity index (χ3v) is 2.55. The number of nitrogens with two attached hydrogens (primary N) is 1. The van der Waals surface area contributed by atoms with Crippen LogP contribution in [0.15, 0.2) is 18.2 Å². The molecule has 0 spiro atoms. The lowest BCUT2D eigenvalue weighted by Gasteiger charge is -2.17. The van der Waals surface area contributed by atoms with Gasteiger partial charge in [0.2, 0.25) is 0 Å². The quantitative estimate of drug-likeness (QED) is 0.829. The molecule has 0 aliphatic carbocycles. The molecule has 84 valence electrons. The molecule has 0 aromatic heterocycles. The Bertz CT molecular complexity index is 325. The summed E-state index contributed by atoms with van der Waals surface area (Å²) >= 11 is 0. The van der Waals surface area contributed by atoms with Crippen molar-refractivity contribution in [2.45, 2.75) is 26.3 Å². The number of hydrogen-bond acceptors (Lipinski definition) is 2. The second-order valence-corrected chi connectivity index (χ2v) is 4.07. The van der Waals surface area contributed by atoms with Crippen molar-refractivity contribution in [3.05, 3.63) is 29.6 Å². The molecular weight excluding hydrogens is 193 g/mol. The van der Waals surface area contributed by atoms with Crippen LogP contribution in [0, 0.1) is 11.7 Å². The molecule has 1 rings (SSSR count). The van der Waals surface area contributed by atoms with Crippen LogP contribution in [0.25, 0.3) is 0 Å². The third-order valence-electron chi connectivity index (χ3n) is 2.55. The lowest BCUT2D eigenvalue weighted by Crippen LogP contribution is -2.28. The van der Waals surface area contributed by atoms with E-state index in [2.05, 4.69) is 13.8 Å². The summed E-state index contributed by atoms with van der Waals surface area (Å²) in [6, 6.07) is 4.54. The number of hydrogen-bond donors (Lipinski definition) is 1. The van der Waals surface area contributed by atoms with E-state index < -0.39 is 0 Å². The summed E-state index contributed by atoms with van der Waals surface area (Å²) in [6.45, 7) is 4.10. The van der Waals surface area contributed by atoms with Gasteiger partial charge in [0.1, 0.15) is 11.6 Å². The van der Waals surface area contributed by atoms with E-state index >= 15 is 0 Å². The first-order valence-corrected chi connectivity index (χ1v) is 5.12. The highest BCUT2D eigenvalue weighted by Gasteiger charge is 2.12. The lowest BCUT2D eigenvalue weighted by atomic mass is 9.97. The molecule has 0 saturated heterocycles. The Labute approximate surface area is 90.2 Å². The summed E-state index contributed by atoms with van der Waals surface area (Å²) in [4.78, 5) is 0. The SMILES string of the molecule is COc1ccc(F)cc1CC(N)C(C)C. The molecule has 2 nitrogen and oxygen atoms in total. The summed E-state index contributed by atoms with van der Waals surface area (Å²) in [6.07, 6.45) is 0.638. The van der Waals surface area contributed by atoms with Crippen LogP contribution in [0.1, 0.15) is 19.4 Å². The minimum absolute atomic E-state index is 0.0284. The van der Waals surface area contributed by atoms with E-state index in [1.54, 1.807) is 13.2 Å². The maximum atomic E-state index is 13.0. The molecule has 3 heteroatoms.